The zero-order chi connectivity index (χ0) is 25.7. The zero-order valence-electron chi connectivity index (χ0n) is 22.2. The fraction of sp³-hybridized carbons (Fsp3) is 0.147. The highest BCUT2D eigenvalue weighted by Crippen LogP contribution is 2.40. The predicted molar refractivity (Wildman–Crippen MR) is 159 cm³/mol. The number of pyridine rings is 1. The molecule has 0 fully saturated rings. The topological polar surface area (TPSA) is 17.0 Å². The van der Waals surface area contributed by atoms with Crippen molar-refractivity contribution in [3.8, 4) is 33.5 Å². The summed E-state index contributed by atoms with van der Waals surface area (Å²) in [5, 5.41) is 3.83. The van der Waals surface area contributed by atoms with Crippen LogP contribution in [0.4, 0.5) is 0 Å². The van der Waals surface area contributed by atoms with Gasteiger partial charge < -0.3 is 4.42 Å². The molecule has 0 saturated heterocycles. The molecule has 0 aliphatic rings. The van der Waals surface area contributed by atoms with Crippen molar-refractivity contribution in [2.24, 2.45) is 7.05 Å². The number of hydrogen-bond donors (Lipinski definition) is 0. The van der Waals surface area contributed by atoms with Crippen LogP contribution in [0.3, 0.4) is 0 Å². The molecule has 0 unspecified atom stereocenters. The summed E-state index contributed by atoms with van der Waals surface area (Å²) >= 11 is 0. The minimum atomic E-state index is -1.58. The Hall–Kier alpha value is -3.95. The predicted octanol–water partition coefficient (Wildman–Crippen LogP) is 8.27. The largest absolute Gasteiger partial charge is 0.454 e. The van der Waals surface area contributed by atoms with E-state index < -0.39 is 8.07 Å². The first kappa shape index (κ1) is 23.4. The lowest BCUT2D eigenvalue weighted by Crippen LogP contribution is -2.37. The van der Waals surface area contributed by atoms with Crippen molar-refractivity contribution in [3.05, 3.63) is 109 Å². The van der Waals surface area contributed by atoms with E-state index in [1.54, 1.807) is 0 Å². The van der Waals surface area contributed by atoms with Crippen LogP contribution < -0.4 is 9.75 Å². The molecule has 2 heterocycles. The summed E-state index contributed by atoms with van der Waals surface area (Å²) in [5.41, 5.74) is 10.3. The molecule has 0 spiro atoms. The molecule has 0 aliphatic carbocycles. The average molecular weight is 499 g/mol. The molecule has 3 heteroatoms. The first-order chi connectivity index (χ1) is 17.8. The molecule has 182 valence electrons. The Morgan fingerprint density at radius 2 is 1.32 bits per heavy atom. The third-order valence-electron chi connectivity index (χ3n) is 7.43. The van der Waals surface area contributed by atoms with E-state index in [0.717, 1.165) is 22.4 Å². The van der Waals surface area contributed by atoms with Crippen LogP contribution in [0.5, 0.6) is 0 Å². The van der Waals surface area contributed by atoms with E-state index in [9.17, 15) is 0 Å². The van der Waals surface area contributed by atoms with E-state index in [1.165, 1.54) is 43.8 Å². The van der Waals surface area contributed by atoms with Crippen molar-refractivity contribution in [2.75, 3.05) is 0 Å². The van der Waals surface area contributed by atoms with Crippen LogP contribution >= 0.6 is 0 Å². The number of fused-ring (bicyclic) bond motifs is 3. The molecule has 4 aromatic carbocycles. The van der Waals surface area contributed by atoms with Crippen molar-refractivity contribution in [3.63, 3.8) is 0 Å². The molecule has 0 saturated carbocycles. The van der Waals surface area contributed by atoms with Gasteiger partial charge in [-0.25, -0.2) is 4.57 Å². The van der Waals surface area contributed by atoms with Gasteiger partial charge in [-0.2, -0.15) is 0 Å². The van der Waals surface area contributed by atoms with Crippen LogP contribution in [0.15, 0.2) is 108 Å². The first-order valence-corrected chi connectivity index (χ1v) is 16.4. The Morgan fingerprint density at radius 3 is 2.03 bits per heavy atom. The number of furan rings is 1. The second kappa shape index (κ2) is 8.86. The summed E-state index contributed by atoms with van der Waals surface area (Å²) in [4.78, 5) is 0. The van der Waals surface area contributed by atoms with Gasteiger partial charge >= 0.3 is 0 Å². The average Bonchev–Trinajstić information content (AvgIpc) is 3.27. The molecule has 2 nitrogen and oxygen atoms in total. The Labute approximate surface area is 219 Å². The highest BCUT2D eigenvalue weighted by atomic mass is 28.3. The summed E-state index contributed by atoms with van der Waals surface area (Å²) in [5.74, 6) is 0. The number of rotatable bonds is 4. The standard InChI is InChI=1S/C34H32NOSi/c1-23-14-19-28-30-22-27(37(3,4)5)21-29(26-17-15-25(16-18-26)24-11-7-6-8-12-24)33(30)36-34(28)32(23)31-13-9-10-20-35(31)2/h6-22H,1-5H3/q+1. The van der Waals surface area contributed by atoms with E-state index >= 15 is 0 Å². The SMILES string of the molecule is Cc1ccc2c(oc3c(-c4ccc(-c5ccccc5)cc4)cc([Si](C)(C)C)cc32)c1-c1cccc[n+]1C. The van der Waals surface area contributed by atoms with Gasteiger partial charge in [-0.15, -0.1) is 0 Å². The van der Waals surface area contributed by atoms with Crippen LogP contribution in [0.1, 0.15) is 5.56 Å². The van der Waals surface area contributed by atoms with Crippen LogP contribution in [-0.2, 0) is 7.05 Å². The summed E-state index contributed by atoms with van der Waals surface area (Å²) < 4.78 is 9.02. The van der Waals surface area contributed by atoms with Gasteiger partial charge in [0, 0.05) is 28.5 Å². The number of nitrogens with zero attached hydrogens (tertiary/aromatic N) is 1. The van der Waals surface area contributed by atoms with Gasteiger partial charge in [-0.05, 0) is 35.2 Å². The Kier molecular flexibility index (Phi) is 5.61. The molecule has 2 aromatic heterocycles. The molecule has 0 atom stereocenters. The molecule has 0 bridgehead atoms. The van der Waals surface area contributed by atoms with E-state index in [-0.39, 0.29) is 0 Å². The normalized spacial score (nSPS) is 11.9. The highest BCUT2D eigenvalue weighted by molar-refractivity contribution is 6.89. The third kappa shape index (κ3) is 4.10. The van der Waals surface area contributed by atoms with Crippen LogP contribution in [0, 0.1) is 6.92 Å². The quantitative estimate of drug-likeness (QED) is 0.177. The van der Waals surface area contributed by atoms with Crippen molar-refractivity contribution in [1.29, 1.82) is 0 Å². The monoisotopic (exact) mass is 498 g/mol. The number of aromatic nitrogens is 1. The summed E-state index contributed by atoms with van der Waals surface area (Å²) in [6.45, 7) is 9.42. The maximum absolute atomic E-state index is 6.84. The molecule has 6 rings (SSSR count). The molecule has 0 N–H and O–H groups in total. The Morgan fingerprint density at radius 1 is 0.649 bits per heavy atom. The minimum Gasteiger partial charge on any atom is -0.454 e. The minimum absolute atomic E-state index is 0.965. The molecular weight excluding hydrogens is 466 g/mol. The van der Waals surface area contributed by atoms with Crippen LogP contribution in [0.2, 0.25) is 19.6 Å². The van der Waals surface area contributed by atoms with E-state index in [0.29, 0.717) is 0 Å². The molecule has 0 amide bonds. The van der Waals surface area contributed by atoms with Gasteiger partial charge in [-0.3, -0.25) is 0 Å². The lowest BCUT2D eigenvalue weighted by Gasteiger charge is -2.18. The van der Waals surface area contributed by atoms with Gasteiger partial charge in [0.2, 0.25) is 5.69 Å². The van der Waals surface area contributed by atoms with Crippen molar-refractivity contribution >= 4 is 35.2 Å². The molecule has 6 aromatic rings. The van der Waals surface area contributed by atoms with Crippen molar-refractivity contribution in [1.82, 2.24) is 0 Å². The number of benzene rings is 4. The summed E-state index contributed by atoms with van der Waals surface area (Å²) in [6, 6.07) is 35.0. The number of hydrogen-bond acceptors (Lipinski definition) is 1. The van der Waals surface area contributed by atoms with E-state index in [2.05, 4.69) is 141 Å². The molecule has 37 heavy (non-hydrogen) atoms. The van der Waals surface area contributed by atoms with Crippen LogP contribution in [0.25, 0.3) is 55.4 Å². The van der Waals surface area contributed by atoms with Gasteiger partial charge in [0.25, 0.3) is 0 Å². The summed E-state index contributed by atoms with van der Waals surface area (Å²) in [7, 11) is 0.514. The second-order valence-electron chi connectivity index (χ2n) is 11.0. The Bertz CT molecular complexity index is 1760. The maximum atomic E-state index is 6.84. The summed E-state index contributed by atoms with van der Waals surface area (Å²) in [6.07, 6.45) is 2.10. The van der Waals surface area contributed by atoms with E-state index in [4.69, 9.17) is 4.42 Å². The molecule has 0 radical (unpaired) electrons. The fourth-order valence-corrected chi connectivity index (χ4v) is 6.42. The fourth-order valence-electron chi connectivity index (χ4n) is 5.26. The lowest BCUT2D eigenvalue weighted by atomic mass is 9.97. The number of aryl methyl sites for hydroxylation is 2. The van der Waals surface area contributed by atoms with Crippen molar-refractivity contribution < 1.29 is 8.98 Å². The van der Waals surface area contributed by atoms with Crippen LogP contribution in [-0.4, -0.2) is 8.07 Å². The smallest absolute Gasteiger partial charge is 0.216 e. The van der Waals surface area contributed by atoms with Crippen molar-refractivity contribution in [2.45, 2.75) is 26.6 Å². The van der Waals surface area contributed by atoms with Gasteiger partial charge in [0.05, 0.1) is 13.6 Å². The lowest BCUT2D eigenvalue weighted by molar-refractivity contribution is -0.660. The molecule has 0 aliphatic heterocycles. The third-order valence-corrected chi connectivity index (χ3v) is 9.45. The van der Waals surface area contributed by atoms with E-state index in [1.807, 2.05) is 0 Å². The zero-order valence-corrected chi connectivity index (χ0v) is 23.2. The van der Waals surface area contributed by atoms with Gasteiger partial charge in [0.1, 0.15) is 18.2 Å². The maximum Gasteiger partial charge on any atom is 0.216 e. The second-order valence-corrected chi connectivity index (χ2v) is 16.1. The Balaban J connectivity index is 1.63. The van der Waals surface area contributed by atoms with Gasteiger partial charge in [0.15, 0.2) is 6.20 Å². The molecular formula is C34H32NOSi+. The first-order valence-electron chi connectivity index (χ1n) is 12.9. The van der Waals surface area contributed by atoms with Gasteiger partial charge in [-0.1, -0.05) is 104 Å². The highest BCUT2D eigenvalue weighted by Gasteiger charge is 2.25.